The van der Waals surface area contributed by atoms with Crippen molar-refractivity contribution in [1.29, 1.82) is 0 Å². The van der Waals surface area contributed by atoms with Crippen LogP contribution in [0.1, 0.15) is 29.3 Å². The van der Waals surface area contributed by atoms with Gasteiger partial charge in [0.2, 0.25) is 5.91 Å². The molecule has 1 aliphatic heterocycles. The molecule has 6 heteroatoms. The highest BCUT2D eigenvalue weighted by molar-refractivity contribution is 7.98. The molecule has 0 fully saturated rings. The summed E-state index contributed by atoms with van der Waals surface area (Å²) in [6.07, 6.45) is 4.79. The summed E-state index contributed by atoms with van der Waals surface area (Å²) >= 11 is 1.44. The van der Waals surface area contributed by atoms with Crippen LogP contribution < -0.4 is 10.2 Å². The van der Waals surface area contributed by atoms with Crippen LogP contribution in [0.15, 0.2) is 41.6 Å². The summed E-state index contributed by atoms with van der Waals surface area (Å²) < 4.78 is 0. The van der Waals surface area contributed by atoms with Crippen molar-refractivity contribution in [3.05, 3.63) is 47.7 Å². The average molecular weight is 341 g/mol. The molecule has 0 spiro atoms. The third-order valence-electron chi connectivity index (χ3n) is 4.06. The molecule has 0 aliphatic carbocycles. The standard InChI is InChI=1S/C18H19N3O2S/c1-3-21-15-8-7-13(11-12(15)6-9-16(21)22)20-17(23)14-5-4-10-19-18(14)24-2/h4-5,7-8,10-11H,3,6,9H2,1-2H3,(H,20,23). The predicted molar refractivity (Wildman–Crippen MR) is 96.8 cm³/mol. The number of hydrogen-bond donors (Lipinski definition) is 1. The summed E-state index contributed by atoms with van der Waals surface area (Å²) in [6, 6.07) is 9.23. The van der Waals surface area contributed by atoms with Gasteiger partial charge in [-0.1, -0.05) is 0 Å². The molecule has 2 heterocycles. The fourth-order valence-corrected chi connectivity index (χ4v) is 3.46. The summed E-state index contributed by atoms with van der Waals surface area (Å²) in [7, 11) is 0. The second-order valence-corrected chi connectivity index (χ2v) is 6.29. The first-order valence-electron chi connectivity index (χ1n) is 7.87. The van der Waals surface area contributed by atoms with Gasteiger partial charge in [0.25, 0.3) is 5.91 Å². The van der Waals surface area contributed by atoms with Crippen molar-refractivity contribution in [2.45, 2.75) is 24.8 Å². The predicted octanol–water partition coefficient (Wildman–Crippen LogP) is 3.35. The monoisotopic (exact) mass is 341 g/mol. The van der Waals surface area contributed by atoms with Gasteiger partial charge in [-0.25, -0.2) is 4.98 Å². The SMILES string of the molecule is CCN1C(=O)CCc2cc(NC(=O)c3cccnc3SC)ccc21. The Labute approximate surface area is 145 Å². The lowest BCUT2D eigenvalue weighted by Gasteiger charge is -2.28. The van der Waals surface area contributed by atoms with Crippen LogP contribution in [0.25, 0.3) is 0 Å². The molecule has 0 saturated heterocycles. The van der Waals surface area contributed by atoms with Crippen LogP contribution in [0.4, 0.5) is 11.4 Å². The van der Waals surface area contributed by atoms with Crippen LogP contribution >= 0.6 is 11.8 Å². The molecule has 5 nitrogen and oxygen atoms in total. The molecule has 24 heavy (non-hydrogen) atoms. The van der Waals surface area contributed by atoms with E-state index in [1.54, 1.807) is 23.2 Å². The molecule has 2 aromatic rings. The number of anilines is 2. The fraction of sp³-hybridized carbons (Fsp3) is 0.278. The zero-order chi connectivity index (χ0) is 17.1. The van der Waals surface area contributed by atoms with Gasteiger partial charge in [0.05, 0.1) is 5.56 Å². The first kappa shape index (κ1) is 16.5. The van der Waals surface area contributed by atoms with Crippen molar-refractivity contribution in [3.8, 4) is 0 Å². The number of nitrogens with zero attached hydrogens (tertiary/aromatic N) is 2. The fourth-order valence-electron chi connectivity index (χ4n) is 2.91. The summed E-state index contributed by atoms with van der Waals surface area (Å²) in [4.78, 5) is 30.5. The van der Waals surface area contributed by atoms with Gasteiger partial charge in [-0.2, -0.15) is 0 Å². The molecule has 3 rings (SSSR count). The number of rotatable bonds is 4. The Morgan fingerprint density at radius 3 is 2.92 bits per heavy atom. The van der Waals surface area contributed by atoms with E-state index < -0.39 is 0 Å². The highest BCUT2D eigenvalue weighted by Crippen LogP contribution is 2.30. The van der Waals surface area contributed by atoms with Crippen molar-refractivity contribution in [1.82, 2.24) is 4.98 Å². The molecule has 0 radical (unpaired) electrons. The highest BCUT2D eigenvalue weighted by atomic mass is 32.2. The lowest BCUT2D eigenvalue weighted by atomic mass is 10.0. The highest BCUT2D eigenvalue weighted by Gasteiger charge is 2.23. The van der Waals surface area contributed by atoms with Crippen molar-refractivity contribution in [2.24, 2.45) is 0 Å². The normalized spacial score (nSPS) is 13.6. The van der Waals surface area contributed by atoms with Gasteiger partial charge < -0.3 is 10.2 Å². The van der Waals surface area contributed by atoms with Crippen LogP contribution in [-0.4, -0.2) is 29.6 Å². The molecular weight excluding hydrogens is 322 g/mol. The molecule has 0 unspecified atom stereocenters. The van der Waals surface area contributed by atoms with E-state index in [2.05, 4.69) is 10.3 Å². The van der Waals surface area contributed by atoms with Gasteiger partial charge in [-0.3, -0.25) is 9.59 Å². The van der Waals surface area contributed by atoms with Crippen LogP contribution in [-0.2, 0) is 11.2 Å². The molecular formula is C18H19N3O2S. The minimum absolute atomic E-state index is 0.154. The topological polar surface area (TPSA) is 62.3 Å². The van der Waals surface area contributed by atoms with Crippen molar-refractivity contribution in [3.63, 3.8) is 0 Å². The lowest BCUT2D eigenvalue weighted by molar-refractivity contribution is -0.118. The molecule has 1 aromatic carbocycles. The van der Waals surface area contributed by atoms with Gasteiger partial charge in [0, 0.05) is 30.5 Å². The largest absolute Gasteiger partial charge is 0.322 e. The Morgan fingerprint density at radius 2 is 2.17 bits per heavy atom. The van der Waals surface area contributed by atoms with Crippen LogP contribution in [0, 0.1) is 0 Å². The van der Waals surface area contributed by atoms with E-state index in [9.17, 15) is 9.59 Å². The summed E-state index contributed by atoms with van der Waals surface area (Å²) in [5, 5.41) is 3.64. The van der Waals surface area contributed by atoms with Gasteiger partial charge >= 0.3 is 0 Å². The maximum absolute atomic E-state index is 12.5. The van der Waals surface area contributed by atoms with Gasteiger partial charge in [0.1, 0.15) is 5.03 Å². The second-order valence-electron chi connectivity index (χ2n) is 5.50. The van der Waals surface area contributed by atoms with E-state index in [0.717, 1.165) is 16.9 Å². The molecule has 0 saturated carbocycles. The summed E-state index contributed by atoms with van der Waals surface area (Å²) in [6.45, 7) is 2.62. The minimum Gasteiger partial charge on any atom is -0.322 e. The summed E-state index contributed by atoms with van der Waals surface area (Å²) in [5.41, 5.74) is 3.33. The Morgan fingerprint density at radius 1 is 1.33 bits per heavy atom. The number of carbonyl (C=O) groups excluding carboxylic acids is 2. The number of nitrogens with one attached hydrogen (secondary N) is 1. The number of carbonyl (C=O) groups is 2. The average Bonchev–Trinajstić information content (AvgIpc) is 2.61. The summed E-state index contributed by atoms with van der Waals surface area (Å²) in [5.74, 6) is -0.0200. The molecule has 2 amide bonds. The second kappa shape index (κ2) is 7.05. The molecule has 0 bridgehead atoms. The maximum Gasteiger partial charge on any atom is 0.258 e. The third-order valence-corrected chi connectivity index (χ3v) is 4.77. The Balaban J connectivity index is 1.84. The van der Waals surface area contributed by atoms with Crippen molar-refractivity contribution < 1.29 is 9.59 Å². The number of thioether (sulfide) groups is 1. The zero-order valence-corrected chi connectivity index (χ0v) is 14.5. The molecule has 0 atom stereocenters. The molecule has 1 aromatic heterocycles. The number of aromatic nitrogens is 1. The Bertz CT molecular complexity index is 792. The van der Waals surface area contributed by atoms with Gasteiger partial charge in [0.15, 0.2) is 0 Å². The van der Waals surface area contributed by atoms with E-state index in [0.29, 0.717) is 30.0 Å². The Hall–Kier alpha value is -2.34. The van der Waals surface area contributed by atoms with Crippen molar-refractivity contribution in [2.75, 3.05) is 23.0 Å². The van der Waals surface area contributed by atoms with Crippen LogP contribution in [0.5, 0.6) is 0 Å². The number of fused-ring (bicyclic) bond motifs is 1. The van der Waals surface area contributed by atoms with Gasteiger partial charge in [-0.15, -0.1) is 11.8 Å². The van der Waals surface area contributed by atoms with E-state index in [1.807, 2.05) is 31.4 Å². The number of aryl methyl sites for hydroxylation is 1. The zero-order valence-electron chi connectivity index (χ0n) is 13.7. The van der Waals surface area contributed by atoms with Crippen LogP contribution in [0.3, 0.4) is 0 Å². The van der Waals surface area contributed by atoms with E-state index in [4.69, 9.17) is 0 Å². The quantitative estimate of drug-likeness (QED) is 0.866. The molecule has 1 aliphatic rings. The lowest BCUT2D eigenvalue weighted by Crippen LogP contribution is -2.34. The molecule has 124 valence electrons. The number of benzene rings is 1. The molecule has 1 N–H and O–H groups in total. The van der Waals surface area contributed by atoms with Crippen molar-refractivity contribution >= 4 is 35.0 Å². The number of amides is 2. The number of pyridine rings is 1. The van der Waals surface area contributed by atoms with Crippen LogP contribution in [0.2, 0.25) is 0 Å². The van der Waals surface area contributed by atoms with E-state index in [1.165, 1.54) is 11.8 Å². The van der Waals surface area contributed by atoms with E-state index >= 15 is 0 Å². The Kier molecular flexibility index (Phi) is 4.85. The van der Waals surface area contributed by atoms with E-state index in [-0.39, 0.29) is 11.8 Å². The first-order valence-corrected chi connectivity index (χ1v) is 9.10. The number of hydrogen-bond acceptors (Lipinski definition) is 4. The smallest absolute Gasteiger partial charge is 0.258 e. The first-order chi connectivity index (χ1) is 11.6. The maximum atomic E-state index is 12.5. The third kappa shape index (κ3) is 3.14. The minimum atomic E-state index is -0.174. The van der Waals surface area contributed by atoms with Gasteiger partial charge in [-0.05, 0) is 55.5 Å².